The summed E-state index contributed by atoms with van der Waals surface area (Å²) in [5, 5.41) is 10.2. The van der Waals surface area contributed by atoms with Gasteiger partial charge in [0.25, 0.3) is 0 Å². The molecule has 0 fully saturated rings. The van der Waals surface area contributed by atoms with E-state index in [4.69, 9.17) is 23.2 Å². The summed E-state index contributed by atoms with van der Waals surface area (Å²) in [6.07, 6.45) is 4.58. The Morgan fingerprint density at radius 3 is 2.12 bits per heavy atom. The van der Waals surface area contributed by atoms with Gasteiger partial charge in [-0.1, -0.05) is 41.4 Å². The molecule has 0 bridgehead atoms. The summed E-state index contributed by atoms with van der Waals surface area (Å²) >= 11 is 12.1. The number of carbonyl (C=O) groups is 1. The highest BCUT2D eigenvalue weighted by atomic mass is 35.5. The van der Waals surface area contributed by atoms with E-state index in [2.05, 4.69) is 0 Å². The van der Waals surface area contributed by atoms with Crippen molar-refractivity contribution in [3.05, 3.63) is 46.0 Å². The molecule has 0 aromatic heterocycles. The lowest BCUT2D eigenvalue weighted by Gasteiger charge is -2.26. The van der Waals surface area contributed by atoms with E-state index in [9.17, 15) is 9.90 Å². The zero-order valence-corrected chi connectivity index (χ0v) is 9.92. The van der Waals surface area contributed by atoms with Crippen molar-refractivity contribution in [2.75, 3.05) is 0 Å². The summed E-state index contributed by atoms with van der Waals surface area (Å²) in [5.41, 5.74) is -0.467. The van der Waals surface area contributed by atoms with Gasteiger partial charge < -0.3 is 5.11 Å². The van der Waals surface area contributed by atoms with E-state index >= 15 is 0 Å². The Balaban J connectivity index is 2.61. The van der Waals surface area contributed by atoms with E-state index in [0.29, 0.717) is 28.5 Å². The number of carboxylic acid groups (broad SMARTS) is 1. The standard InChI is InChI=1S/C12H10Cl2O2/c13-8-4-3-5-9(14)10(8)12(11(15)16)6-1-2-7-12/h1-5H,6-7H2,(H,15,16). The highest BCUT2D eigenvalue weighted by Gasteiger charge is 2.43. The van der Waals surface area contributed by atoms with Crippen molar-refractivity contribution >= 4 is 29.2 Å². The SMILES string of the molecule is O=C(O)C1(c2c(Cl)cccc2Cl)CC=CC1. The normalized spacial score (nSPS) is 17.6. The van der Waals surface area contributed by atoms with Gasteiger partial charge in [-0.25, -0.2) is 0 Å². The maximum atomic E-state index is 11.5. The molecule has 1 aliphatic carbocycles. The predicted octanol–water partition coefficient (Wildman–Crippen LogP) is 3.67. The lowest BCUT2D eigenvalue weighted by Crippen LogP contribution is -2.33. The molecular weight excluding hydrogens is 247 g/mol. The third-order valence-electron chi connectivity index (χ3n) is 2.95. The molecule has 1 aromatic carbocycles. The number of aliphatic carboxylic acids is 1. The molecule has 0 saturated heterocycles. The van der Waals surface area contributed by atoms with Crippen LogP contribution in [0, 0.1) is 0 Å². The quantitative estimate of drug-likeness (QED) is 0.821. The molecule has 2 rings (SSSR count). The molecule has 84 valence electrons. The van der Waals surface area contributed by atoms with Crippen LogP contribution >= 0.6 is 23.2 Å². The Hall–Kier alpha value is -0.990. The second kappa shape index (κ2) is 4.11. The molecule has 0 atom stereocenters. The number of benzene rings is 1. The molecule has 0 saturated carbocycles. The van der Waals surface area contributed by atoms with E-state index < -0.39 is 11.4 Å². The first-order valence-electron chi connectivity index (χ1n) is 4.91. The molecule has 16 heavy (non-hydrogen) atoms. The molecule has 0 radical (unpaired) electrons. The molecule has 0 spiro atoms. The minimum absolute atomic E-state index is 0.415. The van der Waals surface area contributed by atoms with Crippen molar-refractivity contribution < 1.29 is 9.90 Å². The maximum Gasteiger partial charge on any atom is 0.314 e. The highest BCUT2D eigenvalue weighted by molar-refractivity contribution is 6.36. The first-order valence-corrected chi connectivity index (χ1v) is 5.66. The smallest absolute Gasteiger partial charge is 0.314 e. The Labute approximate surface area is 103 Å². The Bertz CT molecular complexity index is 438. The van der Waals surface area contributed by atoms with Crippen molar-refractivity contribution in [1.82, 2.24) is 0 Å². The molecule has 4 heteroatoms. The van der Waals surface area contributed by atoms with Crippen LogP contribution in [0.25, 0.3) is 0 Å². The summed E-state index contributed by atoms with van der Waals surface area (Å²) in [4.78, 5) is 11.5. The predicted molar refractivity (Wildman–Crippen MR) is 64.1 cm³/mol. The first-order chi connectivity index (χ1) is 7.58. The first kappa shape index (κ1) is 11.5. The van der Waals surface area contributed by atoms with Crippen LogP contribution in [0.1, 0.15) is 18.4 Å². The minimum atomic E-state index is -0.991. The number of rotatable bonds is 2. The molecule has 1 aliphatic rings. The largest absolute Gasteiger partial charge is 0.481 e. The van der Waals surface area contributed by atoms with E-state index in [1.807, 2.05) is 12.2 Å². The Kier molecular flexibility index (Phi) is 2.96. The van der Waals surface area contributed by atoms with Crippen LogP contribution in [0.4, 0.5) is 0 Å². The third-order valence-corrected chi connectivity index (χ3v) is 3.58. The van der Waals surface area contributed by atoms with Gasteiger partial charge >= 0.3 is 5.97 Å². The van der Waals surface area contributed by atoms with Crippen LogP contribution < -0.4 is 0 Å². The Morgan fingerprint density at radius 2 is 1.69 bits per heavy atom. The van der Waals surface area contributed by atoms with Crippen LogP contribution in [0.2, 0.25) is 10.0 Å². The molecule has 1 aromatic rings. The van der Waals surface area contributed by atoms with Gasteiger partial charge in [-0.05, 0) is 25.0 Å². The fraction of sp³-hybridized carbons (Fsp3) is 0.250. The second-order valence-electron chi connectivity index (χ2n) is 3.86. The van der Waals surface area contributed by atoms with Gasteiger partial charge in [0.1, 0.15) is 5.41 Å². The van der Waals surface area contributed by atoms with Crippen LogP contribution in [0.5, 0.6) is 0 Å². The summed E-state index contributed by atoms with van der Waals surface area (Å²) in [6, 6.07) is 5.06. The fourth-order valence-electron chi connectivity index (χ4n) is 2.09. The van der Waals surface area contributed by atoms with Crippen LogP contribution in [-0.2, 0) is 10.2 Å². The molecule has 0 amide bonds. The molecular formula is C12H10Cl2O2. The average Bonchev–Trinajstić information content (AvgIpc) is 2.67. The fourth-order valence-corrected chi connectivity index (χ4v) is 2.85. The summed E-state index contributed by atoms with van der Waals surface area (Å²) in [7, 11) is 0. The molecule has 0 aliphatic heterocycles. The summed E-state index contributed by atoms with van der Waals surface area (Å²) in [5.74, 6) is -0.882. The molecule has 0 unspecified atom stereocenters. The monoisotopic (exact) mass is 256 g/mol. The van der Waals surface area contributed by atoms with Crippen LogP contribution in [-0.4, -0.2) is 11.1 Å². The number of halogens is 2. The topological polar surface area (TPSA) is 37.3 Å². The van der Waals surface area contributed by atoms with Crippen molar-refractivity contribution in [2.45, 2.75) is 18.3 Å². The van der Waals surface area contributed by atoms with E-state index in [-0.39, 0.29) is 0 Å². The van der Waals surface area contributed by atoms with Crippen LogP contribution in [0.3, 0.4) is 0 Å². The zero-order valence-electron chi connectivity index (χ0n) is 8.41. The van der Waals surface area contributed by atoms with Crippen LogP contribution in [0.15, 0.2) is 30.4 Å². The van der Waals surface area contributed by atoms with Gasteiger partial charge in [-0.2, -0.15) is 0 Å². The van der Waals surface area contributed by atoms with Gasteiger partial charge in [0.2, 0.25) is 0 Å². The van der Waals surface area contributed by atoms with Crippen molar-refractivity contribution in [3.8, 4) is 0 Å². The van der Waals surface area contributed by atoms with Gasteiger partial charge in [-0.3, -0.25) is 4.79 Å². The second-order valence-corrected chi connectivity index (χ2v) is 4.68. The maximum absolute atomic E-state index is 11.5. The van der Waals surface area contributed by atoms with E-state index in [0.717, 1.165) is 0 Å². The summed E-state index contributed by atoms with van der Waals surface area (Å²) < 4.78 is 0. The van der Waals surface area contributed by atoms with Gasteiger partial charge in [0, 0.05) is 15.6 Å². The van der Waals surface area contributed by atoms with Crippen molar-refractivity contribution in [3.63, 3.8) is 0 Å². The van der Waals surface area contributed by atoms with Crippen molar-refractivity contribution in [2.24, 2.45) is 0 Å². The van der Waals surface area contributed by atoms with E-state index in [1.165, 1.54) is 0 Å². The number of carboxylic acids is 1. The minimum Gasteiger partial charge on any atom is -0.481 e. The highest BCUT2D eigenvalue weighted by Crippen LogP contribution is 2.44. The summed E-state index contributed by atoms with van der Waals surface area (Å²) in [6.45, 7) is 0. The van der Waals surface area contributed by atoms with E-state index in [1.54, 1.807) is 18.2 Å². The molecule has 2 nitrogen and oxygen atoms in total. The van der Waals surface area contributed by atoms with Crippen molar-refractivity contribution in [1.29, 1.82) is 0 Å². The third kappa shape index (κ3) is 1.62. The average molecular weight is 257 g/mol. The lowest BCUT2D eigenvalue weighted by molar-refractivity contribution is -0.143. The van der Waals surface area contributed by atoms with Gasteiger partial charge in [0.05, 0.1) is 0 Å². The zero-order chi connectivity index (χ0) is 11.8. The number of hydrogen-bond acceptors (Lipinski definition) is 1. The lowest BCUT2D eigenvalue weighted by atomic mass is 9.78. The Morgan fingerprint density at radius 1 is 1.19 bits per heavy atom. The van der Waals surface area contributed by atoms with Gasteiger partial charge in [-0.15, -0.1) is 0 Å². The molecule has 1 N–H and O–H groups in total. The number of allylic oxidation sites excluding steroid dienone is 2. The number of hydrogen-bond donors (Lipinski definition) is 1. The molecule has 0 heterocycles. The van der Waals surface area contributed by atoms with Gasteiger partial charge in [0.15, 0.2) is 0 Å².